The molecule has 0 saturated heterocycles. The Labute approximate surface area is 176 Å². The summed E-state index contributed by atoms with van der Waals surface area (Å²) >= 11 is 0. The maximum absolute atomic E-state index is 13.1. The Bertz CT molecular complexity index is 1150. The third kappa shape index (κ3) is 4.76. The molecule has 2 amide bonds. The smallest absolute Gasteiger partial charge is 0.343 e. The van der Waals surface area contributed by atoms with Crippen LogP contribution in [0.25, 0.3) is 5.82 Å². The van der Waals surface area contributed by atoms with Crippen LogP contribution < -0.4 is 10.6 Å². The van der Waals surface area contributed by atoms with E-state index in [2.05, 4.69) is 15.4 Å². The van der Waals surface area contributed by atoms with Crippen molar-refractivity contribution in [1.82, 2.24) is 24.6 Å². The number of anilines is 1. The number of benzene rings is 1. The Balaban J connectivity index is 1.90. The average Bonchev–Trinajstić information content (AvgIpc) is 3.22. The second-order valence-corrected chi connectivity index (χ2v) is 7.03. The Morgan fingerprint density at radius 3 is 2.45 bits per heavy atom. The van der Waals surface area contributed by atoms with Gasteiger partial charge in [0, 0.05) is 30.7 Å². The number of aryl methyl sites for hydroxylation is 4. The van der Waals surface area contributed by atoms with Gasteiger partial charge in [0.1, 0.15) is 23.8 Å². The lowest BCUT2D eigenvalue weighted by Crippen LogP contribution is -2.33. The lowest BCUT2D eigenvalue weighted by atomic mass is 10.1. The van der Waals surface area contributed by atoms with Crippen molar-refractivity contribution in [2.24, 2.45) is 7.05 Å². The first-order chi connectivity index (χ1) is 14.5. The number of halogens is 3. The zero-order chi connectivity index (χ0) is 22.9. The molecule has 0 fully saturated rings. The van der Waals surface area contributed by atoms with Crippen LogP contribution in [0.2, 0.25) is 0 Å². The summed E-state index contributed by atoms with van der Waals surface area (Å²) in [7, 11) is 1.70. The molecular formula is C20H21F3N6O2. The van der Waals surface area contributed by atoms with Gasteiger partial charge in [0.15, 0.2) is 0 Å². The summed E-state index contributed by atoms with van der Waals surface area (Å²) < 4.78 is 40.4. The van der Waals surface area contributed by atoms with Gasteiger partial charge in [0.25, 0.3) is 11.8 Å². The van der Waals surface area contributed by atoms with Gasteiger partial charge in [-0.1, -0.05) is 6.07 Å². The average molecular weight is 434 g/mol. The molecule has 0 aliphatic rings. The van der Waals surface area contributed by atoms with Gasteiger partial charge in [-0.3, -0.25) is 18.8 Å². The molecule has 2 aromatic heterocycles. The molecule has 11 heteroatoms. The lowest BCUT2D eigenvalue weighted by molar-refractivity contribution is -0.123. The fourth-order valence-electron chi connectivity index (χ4n) is 3.16. The number of carbonyl (C=O) groups excluding carboxylic acids is 2. The van der Waals surface area contributed by atoms with E-state index in [0.717, 1.165) is 0 Å². The van der Waals surface area contributed by atoms with Gasteiger partial charge in [-0.2, -0.15) is 18.3 Å². The summed E-state index contributed by atoms with van der Waals surface area (Å²) in [5, 5.41) is 8.88. The molecule has 1 aromatic carbocycles. The minimum absolute atomic E-state index is 0.00117. The number of imidazole rings is 1. The van der Waals surface area contributed by atoms with E-state index in [0.29, 0.717) is 34.2 Å². The molecule has 0 bridgehead atoms. The number of aromatic nitrogens is 4. The van der Waals surface area contributed by atoms with Crippen molar-refractivity contribution in [1.29, 1.82) is 0 Å². The van der Waals surface area contributed by atoms with Crippen LogP contribution >= 0.6 is 0 Å². The van der Waals surface area contributed by atoms with Crippen LogP contribution in [0, 0.1) is 20.8 Å². The largest absolute Gasteiger partial charge is 0.405 e. The molecule has 0 saturated carbocycles. The molecule has 0 spiro atoms. The van der Waals surface area contributed by atoms with Gasteiger partial charge in [0.2, 0.25) is 0 Å². The van der Waals surface area contributed by atoms with Crippen molar-refractivity contribution < 1.29 is 22.8 Å². The first kappa shape index (κ1) is 22.1. The van der Waals surface area contributed by atoms with Gasteiger partial charge >= 0.3 is 6.18 Å². The molecule has 0 unspecified atom stereocenters. The standard InChI is InChI=1S/C20H21F3N6O2/c1-11-5-6-14(17(30)25-10-20(21,22)23)9-15(11)26-18(31)16-12(2)27-28(4)19(16)29-8-7-24-13(29)3/h5-9H,10H2,1-4H3,(H,25,30)(H,26,31). The van der Waals surface area contributed by atoms with E-state index in [1.54, 1.807) is 55.5 Å². The number of hydrogen-bond acceptors (Lipinski definition) is 4. The third-order valence-electron chi connectivity index (χ3n) is 4.67. The van der Waals surface area contributed by atoms with E-state index in [1.807, 2.05) is 5.32 Å². The highest BCUT2D eigenvalue weighted by molar-refractivity contribution is 6.08. The SMILES string of the molecule is Cc1ccc(C(=O)NCC(F)(F)F)cc1NC(=O)c1c(C)nn(C)c1-n1ccnc1C. The molecule has 0 radical (unpaired) electrons. The summed E-state index contributed by atoms with van der Waals surface area (Å²) in [5.74, 6) is -0.178. The molecule has 164 valence electrons. The van der Waals surface area contributed by atoms with E-state index in [9.17, 15) is 22.8 Å². The number of nitrogens with zero attached hydrogens (tertiary/aromatic N) is 4. The Kier molecular flexibility index (Phi) is 5.87. The van der Waals surface area contributed by atoms with Gasteiger partial charge < -0.3 is 10.6 Å². The molecule has 0 atom stereocenters. The number of rotatable bonds is 5. The maximum atomic E-state index is 13.1. The molecule has 2 heterocycles. The highest BCUT2D eigenvalue weighted by Crippen LogP contribution is 2.23. The molecule has 31 heavy (non-hydrogen) atoms. The van der Waals surface area contributed by atoms with Crippen molar-refractivity contribution in [2.45, 2.75) is 26.9 Å². The van der Waals surface area contributed by atoms with Crippen LogP contribution in [-0.4, -0.2) is 43.9 Å². The quantitative estimate of drug-likeness (QED) is 0.645. The van der Waals surface area contributed by atoms with Crippen LogP contribution in [0.1, 0.15) is 37.8 Å². The predicted molar refractivity (Wildman–Crippen MR) is 107 cm³/mol. The van der Waals surface area contributed by atoms with Crippen LogP contribution in [0.3, 0.4) is 0 Å². The Hall–Kier alpha value is -3.63. The van der Waals surface area contributed by atoms with Crippen molar-refractivity contribution in [3.8, 4) is 5.82 Å². The summed E-state index contributed by atoms with van der Waals surface area (Å²) in [5.41, 5.74) is 1.75. The van der Waals surface area contributed by atoms with E-state index in [-0.39, 0.29) is 5.56 Å². The van der Waals surface area contributed by atoms with Gasteiger partial charge in [-0.05, 0) is 38.5 Å². The molecular weight excluding hydrogens is 413 g/mol. The topological polar surface area (TPSA) is 93.8 Å². The van der Waals surface area contributed by atoms with Crippen molar-refractivity contribution in [3.63, 3.8) is 0 Å². The Morgan fingerprint density at radius 1 is 1.13 bits per heavy atom. The molecule has 8 nitrogen and oxygen atoms in total. The van der Waals surface area contributed by atoms with Crippen molar-refractivity contribution in [2.75, 3.05) is 11.9 Å². The Morgan fingerprint density at radius 2 is 1.84 bits per heavy atom. The zero-order valence-corrected chi connectivity index (χ0v) is 17.3. The normalized spacial score (nSPS) is 11.5. The van der Waals surface area contributed by atoms with Crippen molar-refractivity contribution in [3.05, 3.63) is 58.8 Å². The number of nitrogens with one attached hydrogen (secondary N) is 2. The highest BCUT2D eigenvalue weighted by Gasteiger charge is 2.28. The van der Waals surface area contributed by atoms with Crippen LogP contribution in [0.4, 0.5) is 18.9 Å². The summed E-state index contributed by atoms with van der Waals surface area (Å²) in [6, 6.07) is 4.29. The second-order valence-electron chi connectivity index (χ2n) is 7.03. The van der Waals surface area contributed by atoms with Gasteiger partial charge in [-0.15, -0.1) is 0 Å². The number of amides is 2. The third-order valence-corrected chi connectivity index (χ3v) is 4.67. The van der Waals surface area contributed by atoms with Crippen LogP contribution in [0.5, 0.6) is 0 Å². The van der Waals surface area contributed by atoms with E-state index >= 15 is 0 Å². The molecule has 3 rings (SSSR count). The van der Waals surface area contributed by atoms with Crippen molar-refractivity contribution >= 4 is 17.5 Å². The number of hydrogen-bond donors (Lipinski definition) is 2. The summed E-state index contributed by atoms with van der Waals surface area (Å²) in [6.07, 6.45) is -1.21. The second kappa shape index (κ2) is 8.25. The van der Waals surface area contributed by atoms with E-state index < -0.39 is 24.5 Å². The van der Waals surface area contributed by atoms with E-state index in [1.165, 1.54) is 12.1 Å². The van der Waals surface area contributed by atoms with Crippen LogP contribution in [0.15, 0.2) is 30.6 Å². The zero-order valence-electron chi connectivity index (χ0n) is 17.3. The summed E-state index contributed by atoms with van der Waals surface area (Å²) in [4.78, 5) is 29.4. The molecule has 2 N–H and O–H groups in total. The fraction of sp³-hybridized carbons (Fsp3) is 0.300. The molecule has 0 aliphatic carbocycles. The molecule has 0 aliphatic heterocycles. The predicted octanol–water partition coefficient (Wildman–Crippen LogP) is 3.08. The lowest BCUT2D eigenvalue weighted by Gasteiger charge is -2.13. The minimum atomic E-state index is -4.52. The van der Waals surface area contributed by atoms with Crippen LogP contribution in [-0.2, 0) is 7.05 Å². The van der Waals surface area contributed by atoms with Gasteiger partial charge in [0.05, 0.1) is 5.69 Å². The monoisotopic (exact) mass is 434 g/mol. The van der Waals surface area contributed by atoms with Gasteiger partial charge in [-0.25, -0.2) is 4.98 Å². The maximum Gasteiger partial charge on any atom is 0.405 e. The minimum Gasteiger partial charge on any atom is -0.343 e. The fourth-order valence-corrected chi connectivity index (χ4v) is 3.16. The summed E-state index contributed by atoms with van der Waals surface area (Å²) in [6.45, 7) is 3.75. The highest BCUT2D eigenvalue weighted by atomic mass is 19.4. The first-order valence-electron chi connectivity index (χ1n) is 9.29. The molecule has 3 aromatic rings. The van der Waals surface area contributed by atoms with E-state index in [4.69, 9.17) is 0 Å². The number of carbonyl (C=O) groups is 2. The number of alkyl halides is 3. The first-order valence-corrected chi connectivity index (χ1v) is 9.29.